The van der Waals surface area contributed by atoms with Gasteiger partial charge in [-0.05, 0) is 22.4 Å². The molecule has 0 N–H and O–H groups in total. The molecule has 118 valence electrons. The van der Waals surface area contributed by atoms with E-state index in [4.69, 9.17) is 0 Å². The fourth-order valence-electron chi connectivity index (χ4n) is 3.17. The van der Waals surface area contributed by atoms with E-state index in [2.05, 4.69) is 4.98 Å². The second-order valence-corrected chi connectivity index (χ2v) is 5.79. The van der Waals surface area contributed by atoms with Gasteiger partial charge < -0.3 is 0 Å². The number of rotatable bonds is 1. The van der Waals surface area contributed by atoms with Crippen LogP contribution in [-0.2, 0) is 14.1 Å². The van der Waals surface area contributed by atoms with Gasteiger partial charge in [0.05, 0.1) is 5.39 Å². The van der Waals surface area contributed by atoms with Crippen molar-refractivity contribution in [1.82, 2.24) is 14.1 Å². The molecule has 0 saturated heterocycles. The summed E-state index contributed by atoms with van der Waals surface area (Å²) in [5.74, 6) is 0. The minimum atomic E-state index is -0.380. The normalized spacial score (nSPS) is 11.2. The predicted octanol–water partition coefficient (Wildman–Crippen LogP) is 2.45. The zero-order valence-electron chi connectivity index (χ0n) is 13.4. The fourth-order valence-corrected chi connectivity index (χ4v) is 3.17. The number of pyridine rings is 1. The molecule has 2 aromatic heterocycles. The number of hydrogen-bond acceptors (Lipinski definition) is 3. The molecule has 4 aromatic rings. The molecule has 0 aliphatic carbocycles. The first-order chi connectivity index (χ1) is 11.6. The Kier molecular flexibility index (Phi) is 3.09. The number of fused-ring (bicyclic) bond motifs is 2. The Morgan fingerprint density at radius 2 is 1.58 bits per heavy atom. The summed E-state index contributed by atoms with van der Waals surface area (Å²) in [5.41, 5.74) is 1.43. The highest BCUT2D eigenvalue weighted by Crippen LogP contribution is 2.31. The molecule has 0 aliphatic heterocycles. The van der Waals surface area contributed by atoms with Gasteiger partial charge in [0.1, 0.15) is 5.65 Å². The van der Waals surface area contributed by atoms with Crippen LogP contribution in [0.5, 0.6) is 0 Å². The molecule has 0 aliphatic rings. The fraction of sp³-hybridized carbons (Fsp3) is 0.105. The number of benzene rings is 2. The first-order valence-corrected chi connectivity index (χ1v) is 7.62. The summed E-state index contributed by atoms with van der Waals surface area (Å²) in [6.45, 7) is 0. The van der Waals surface area contributed by atoms with Crippen molar-refractivity contribution >= 4 is 21.8 Å². The average molecular weight is 317 g/mol. The van der Waals surface area contributed by atoms with Crippen molar-refractivity contribution in [3.63, 3.8) is 0 Å². The first-order valence-electron chi connectivity index (χ1n) is 7.62. The van der Waals surface area contributed by atoms with E-state index < -0.39 is 0 Å². The van der Waals surface area contributed by atoms with E-state index in [0.717, 1.165) is 26.5 Å². The van der Waals surface area contributed by atoms with Gasteiger partial charge >= 0.3 is 5.69 Å². The molecule has 0 fully saturated rings. The highest BCUT2D eigenvalue weighted by molar-refractivity contribution is 6.03. The third-order valence-electron chi connectivity index (χ3n) is 4.42. The van der Waals surface area contributed by atoms with Crippen LogP contribution in [0.25, 0.3) is 32.9 Å². The van der Waals surface area contributed by atoms with Gasteiger partial charge in [0.2, 0.25) is 0 Å². The van der Waals surface area contributed by atoms with Gasteiger partial charge in [-0.1, -0.05) is 42.5 Å². The molecule has 0 atom stereocenters. The summed E-state index contributed by atoms with van der Waals surface area (Å²) in [6, 6.07) is 15.9. The van der Waals surface area contributed by atoms with Gasteiger partial charge in [-0.2, -0.15) is 0 Å². The molecule has 2 aromatic carbocycles. The minimum absolute atomic E-state index is 0.330. The van der Waals surface area contributed by atoms with Crippen LogP contribution in [-0.4, -0.2) is 14.1 Å². The van der Waals surface area contributed by atoms with Crippen molar-refractivity contribution in [2.75, 3.05) is 0 Å². The maximum atomic E-state index is 12.7. The molecule has 0 spiro atoms. The molecule has 0 unspecified atom stereocenters. The van der Waals surface area contributed by atoms with Crippen molar-refractivity contribution in [2.24, 2.45) is 14.1 Å². The lowest BCUT2D eigenvalue weighted by Gasteiger charge is -2.12. The molecule has 0 amide bonds. The van der Waals surface area contributed by atoms with Crippen LogP contribution in [0, 0.1) is 0 Å². The Hall–Kier alpha value is -3.21. The molecule has 5 nitrogen and oxygen atoms in total. The molecule has 0 saturated carbocycles. The largest absolute Gasteiger partial charge is 0.332 e. The van der Waals surface area contributed by atoms with Crippen molar-refractivity contribution in [2.45, 2.75) is 0 Å². The molecular weight excluding hydrogens is 302 g/mol. The second-order valence-electron chi connectivity index (χ2n) is 5.79. The van der Waals surface area contributed by atoms with Crippen LogP contribution in [0.15, 0.2) is 64.3 Å². The van der Waals surface area contributed by atoms with E-state index in [9.17, 15) is 9.59 Å². The van der Waals surface area contributed by atoms with E-state index in [0.29, 0.717) is 11.0 Å². The topological polar surface area (TPSA) is 56.9 Å². The zero-order valence-corrected chi connectivity index (χ0v) is 13.4. The standard InChI is InChI=1S/C19H15N3O2/c1-21-17-16(18(23)22(2)19(21)24)15(10-11-20-17)14-9-5-7-12-6-3-4-8-13(12)14/h3-11H,1-2H3. The Morgan fingerprint density at radius 3 is 2.42 bits per heavy atom. The van der Waals surface area contributed by atoms with Crippen LogP contribution in [0.3, 0.4) is 0 Å². The Bertz CT molecular complexity index is 1210. The van der Waals surface area contributed by atoms with Crippen molar-refractivity contribution in [1.29, 1.82) is 0 Å². The van der Waals surface area contributed by atoms with Crippen LogP contribution >= 0.6 is 0 Å². The Balaban J connectivity index is 2.23. The van der Waals surface area contributed by atoms with Gasteiger partial charge in [0, 0.05) is 25.9 Å². The van der Waals surface area contributed by atoms with E-state index in [1.165, 1.54) is 11.6 Å². The minimum Gasteiger partial charge on any atom is -0.280 e. The third kappa shape index (κ3) is 1.91. The van der Waals surface area contributed by atoms with Gasteiger partial charge in [0.25, 0.3) is 5.56 Å². The molecule has 5 heteroatoms. The third-order valence-corrected chi connectivity index (χ3v) is 4.42. The summed E-state index contributed by atoms with van der Waals surface area (Å²) in [7, 11) is 3.12. The van der Waals surface area contributed by atoms with Crippen molar-refractivity contribution in [3.8, 4) is 11.1 Å². The summed E-state index contributed by atoms with van der Waals surface area (Å²) in [5, 5.41) is 2.61. The highest BCUT2D eigenvalue weighted by Gasteiger charge is 2.15. The SMILES string of the molecule is Cn1c(=O)c2c(-c3cccc4ccccc34)ccnc2n(C)c1=O. The van der Waals surface area contributed by atoms with Crippen LogP contribution in [0.1, 0.15) is 0 Å². The lowest BCUT2D eigenvalue weighted by Crippen LogP contribution is -2.37. The summed E-state index contributed by atoms with van der Waals surface area (Å²) in [4.78, 5) is 29.1. The van der Waals surface area contributed by atoms with Crippen LogP contribution in [0.4, 0.5) is 0 Å². The van der Waals surface area contributed by atoms with Crippen LogP contribution < -0.4 is 11.2 Å². The number of nitrogens with zero attached hydrogens (tertiary/aromatic N) is 3. The van der Waals surface area contributed by atoms with Gasteiger partial charge in [-0.3, -0.25) is 13.9 Å². The molecular formula is C19H15N3O2. The zero-order chi connectivity index (χ0) is 16.8. The summed E-state index contributed by atoms with van der Waals surface area (Å²) in [6.07, 6.45) is 1.64. The summed E-state index contributed by atoms with van der Waals surface area (Å²) >= 11 is 0. The molecule has 0 radical (unpaired) electrons. The quantitative estimate of drug-likeness (QED) is 0.542. The van der Waals surface area contributed by atoms with Crippen molar-refractivity contribution < 1.29 is 0 Å². The molecule has 0 bridgehead atoms. The molecule has 24 heavy (non-hydrogen) atoms. The van der Waals surface area contributed by atoms with E-state index in [1.807, 2.05) is 48.5 Å². The van der Waals surface area contributed by atoms with Gasteiger partial charge in [-0.25, -0.2) is 9.78 Å². The average Bonchev–Trinajstić information content (AvgIpc) is 2.63. The smallest absolute Gasteiger partial charge is 0.280 e. The maximum absolute atomic E-state index is 12.7. The molecule has 2 heterocycles. The Morgan fingerprint density at radius 1 is 0.833 bits per heavy atom. The first kappa shape index (κ1) is 14.4. The lowest BCUT2D eigenvalue weighted by molar-refractivity contribution is 0.708. The highest BCUT2D eigenvalue weighted by atomic mass is 16.2. The number of aromatic nitrogens is 3. The summed E-state index contributed by atoms with van der Waals surface area (Å²) < 4.78 is 2.53. The van der Waals surface area contributed by atoms with E-state index in [1.54, 1.807) is 13.2 Å². The second kappa shape index (κ2) is 5.16. The monoisotopic (exact) mass is 317 g/mol. The molecule has 4 rings (SSSR count). The predicted molar refractivity (Wildman–Crippen MR) is 95.2 cm³/mol. The Labute approximate surface area is 137 Å². The number of hydrogen-bond donors (Lipinski definition) is 0. The van der Waals surface area contributed by atoms with Gasteiger partial charge in [-0.15, -0.1) is 0 Å². The van der Waals surface area contributed by atoms with E-state index >= 15 is 0 Å². The van der Waals surface area contributed by atoms with Crippen molar-refractivity contribution in [3.05, 3.63) is 75.6 Å². The lowest BCUT2D eigenvalue weighted by atomic mass is 9.97. The van der Waals surface area contributed by atoms with Crippen LogP contribution in [0.2, 0.25) is 0 Å². The van der Waals surface area contributed by atoms with Gasteiger partial charge in [0.15, 0.2) is 0 Å². The maximum Gasteiger partial charge on any atom is 0.332 e. The number of aryl methyl sites for hydroxylation is 1. The van der Waals surface area contributed by atoms with E-state index in [-0.39, 0.29) is 11.2 Å².